The fourth-order valence-electron chi connectivity index (χ4n) is 7.62. The number of urea groups is 1. The molecule has 3 amide bonds. The molecule has 6 rings (SSSR count). The molecule has 1 aromatic heterocycles. The first-order chi connectivity index (χ1) is 21.6. The fraction of sp³-hybridized carbons (Fsp3) is 0.441. The second kappa shape index (κ2) is 12.5. The van der Waals surface area contributed by atoms with Crippen molar-refractivity contribution < 1.29 is 24.4 Å². The summed E-state index contributed by atoms with van der Waals surface area (Å²) in [5.74, 6) is 0. The van der Waals surface area contributed by atoms with Crippen molar-refractivity contribution in [3.8, 4) is 11.1 Å². The number of piperazine rings is 1. The predicted molar refractivity (Wildman–Crippen MR) is 171 cm³/mol. The van der Waals surface area contributed by atoms with Crippen LogP contribution in [0, 0.1) is 5.41 Å². The molecule has 1 saturated carbocycles. The Labute approximate surface area is 266 Å². The molecule has 0 bridgehead atoms. The summed E-state index contributed by atoms with van der Waals surface area (Å²) in [5.41, 5.74) is 0.189. The summed E-state index contributed by atoms with van der Waals surface area (Å²) < 4.78 is 14.3. The standard InChI is InChI=1S/C34H40N4O6S/c1-45(44)29-22-37(30(39)20-27(29)25-10-4-2-5-11-25)24-34(43)16-17-36(23-33(34)14-8-9-15-33)31(40)38-19-18-35(32(41)42)21-28(38)26-12-6-3-7-13-26/h2-7,10-13,20,22,28,43H,8-9,14-19,21,23-24H2,1H3,(H,41,42)/t28-,34?,45?/m0/s1. The largest absolute Gasteiger partial charge is 0.612 e. The Morgan fingerprint density at radius 3 is 2.27 bits per heavy atom. The number of rotatable bonds is 5. The number of amides is 3. The van der Waals surface area contributed by atoms with E-state index in [9.17, 15) is 29.1 Å². The van der Waals surface area contributed by atoms with E-state index in [-0.39, 0.29) is 37.8 Å². The molecule has 3 fully saturated rings. The summed E-state index contributed by atoms with van der Waals surface area (Å²) in [6.07, 6.45) is 5.80. The van der Waals surface area contributed by atoms with Crippen LogP contribution in [0.2, 0.25) is 0 Å². The van der Waals surface area contributed by atoms with Crippen LogP contribution in [-0.2, 0) is 17.7 Å². The van der Waals surface area contributed by atoms with Crippen molar-refractivity contribution in [1.82, 2.24) is 19.3 Å². The molecule has 2 aliphatic heterocycles. The Morgan fingerprint density at radius 2 is 1.62 bits per heavy atom. The number of benzene rings is 2. The van der Waals surface area contributed by atoms with E-state index in [1.807, 2.05) is 65.6 Å². The van der Waals surface area contributed by atoms with Crippen LogP contribution in [-0.4, -0.2) is 90.7 Å². The molecule has 2 N–H and O–H groups in total. The second-order valence-electron chi connectivity index (χ2n) is 12.7. The third kappa shape index (κ3) is 5.96. The minimum Gasteiger partial charge on any atom is -0.612 e. The van der Waals surface area contributed by atoms with Gasteiger partial charge in [-0.3, -0.25) is 4.79 Å². The SMILES string of the molecule is C[S+]([O-])c1cn(CC2(O)CCN(C(=O)N3CCN(C(=O)O)C[C@H]3c3ccccc3)CC23CCCC3)c(=O)cc1-c1ccccc1. The highest BCUT2D eigenvalue weighted by atomic mass is 32.2. The summed E-state index contributed by atoms with van der Waals surface area (Å²) in [6, 6.07) is 19.8. The lowest BCUT2D eigenvalue weighted by atomic mass is 9.66. The van der Waals surface area contributed by atoms with Gasteiger partial charge in [0.15, 0.2) is 4.90 Å². The first kappa shape index (κ1) is 31.2. The van der Waals surface area contributed by atoms with Crippen LogP contribution in [0.4, 0.5) is 9.59 Å². The molecule has 45 heavy (non-hydrogen) atoms. The van der Waals surface area contributed by atoms with Gasteiger partial charge >= 0.3 is 12.1 Å². The number of carbonyl (C=O) groups is 2. The van der Waals surface area contributed by atoms with E-state index in [2.05, 4.69) is 0 Å². The lowest BCUT2D eigenvalue weighted by Crippen LogP contribution is -2.64. The number of aliphatic hydroxyl groups is 1. The lowest BCUT2D eigenvalue weighted by molar-refractivity contribution is -0.137. The van der Waals surface area contributed by atoms with Gasteiger partial charge in [-0.05, 0) is 41.6 Å². The minimum atomic E-state index is -1.37. The first-order valence-corrected chi connectivity index (χ1v) is 17.1. The number of piperidine rings is 1. The summed E-state index contributed by atoms with van der Waals surface area (Å²) in [5, 5.41) is 22.1. The highest BCUT2D eigenvalue weighted by molar-refractivity contribution is 7.90. The molecule has 0 radical (unpaired) electrons. The predicted octanol–water partition coefficient (Wildman–Crippen LogP) is 4.41. The zero-order chi connectivity index (χ0) is 31.8. The van der Waals surface area contributed by atoms with Gasteiger partial charge in [-0.1, -0.05) is 73.5 Å². The number of hydrogen-bond donors (Lipinski definition) is 2. The van der Waals surface area contributed by atoms with E-state index in [0.29, 0.717) is 30.0 Å². The number of pyridine rings is 1. The van der Waals surface area contributed by atoms with Crippen LogP contribution >= 0.6 is 0 Å². The average Bonchev–Trinajstić information content (AvgIpc) is 3.53. The summed E-state index contributed by atoms with van der Waals surface area (Å²) in [6.45, 7) is 1.41. The van der Waals surface area contributed by atoms with Crippen molar-refractivity contribution in [2.75, 3.05) is 39.0 Å². The molecule has 2 saturated heterocycles. The van der Waals surface area contributed by atoms with Crippen LogP contribution in [0.3, 0.4) is 0 Å². The van der Waals surface area contributed by atoms with Gasteiger partial charge in [0, 0.05) is 49.8 Å². The smallest absolute Gasteiger partial charge is 0.407 e. The zero-order valence-corrected chi connectivity index (χ0v) is 26.3. The molecule has 11 heteroatoms. The van der Waals surface area contributed by atoms with E-state index in [4.69, 9.17) is 0 Å². The van der Waals surface area contributed by atoms with Crippen LogP contribution in [0.25, 0.3) is 11.1 Å². The summed E-state index contributed by atoms with van der Waals surface area (Å²) in [4.78, 5) is 45.0. The zero-order valence-electron chi connectivity index (χ0n) is 25.5. The van der Waals surface area contributed by atoms with Crippen molar-refractivity contribution >= 4 is 23.3 Å². The van der Waals surface area contributed by atoms with E-state index >= 15 is 0 Å². The van der Waals surface area contributed by atoms with Crippen molar-refractivity contribution in [3.05, 3.63) is 88.8 Å². The van der Waals surface area contributed by atoms with Crippen molar-refractivity contribution in [3.63, 3.8) is 0 Å². The van der Waals surface area contributed by atoms with E-state index in [1.165, 1.54) is 15.5 Å². The van der Waals surface area contributed by atoms with Crippen molar-refractivity contribution in [1.29, 1.82) is 0 Å². The molecule has 2 aromatic carbocycles. The van der Waals surface area contributed by atoms with Crippen LogP contribution in [0.15, 0.2) is 82.6 Å². The Bertz CT molecular complexity index is 1590. The number of likely N-dealkylation sites (tertiary alicyclic amines) is 1. The quantitative estimate of drug-likeness (QED) is 0.401. The number of nitrogens with zero attached hydrogens (tertiary/aromatic N) is 4. The molecule has 1 spiro atoms. The van der Waals surface area contributed by atoms with Crippen LogP contribution in [0.5, 0.6) is 0 Å². The molecule has 3 aromatic rings. The van der Waals surface area contributed by atoms with Gasteiger partial charge in [0.05, 0.1) is 24.4 Å². The van der Waals surface area contributed by atoms with Gasteiger partial charge in [-0.25, -0.2) is 9.59 Å². The topological polar surface area (TPSA) is 129 Å². The molecule has 2 unspecified atom stereocenters. The average molecular weight is 633 g/mol. The van der Waals surface area contributed by atoms with E-state index in [1.54, 1.807) is 17.4 Å². The molecular formula is C34H40N4O6S. The first-order valence-electron chi connectivity index (χ1n) is 15.5. The molecule has 3 heterocycles. The van der Waals surface area contributed by atoms with E-state index in [0.717, 1.165) is 36.8 Å². The maximum absolute atomic E-state index is 14.2. The highest BCUT2D eigenvalue weighted by Crippen LogP contribution is 2.52. The Balaban J connectivity index is 1.27. The maximum Gasteiger partial charge on any atom is 0.407 e. The Hall–Kier alpha value is -3.80. The van der Waals surface area contributed by atoms with E-state index < -0.39 is 34.3 Å². The third-order valence-electron chi connectivity index (χ3n) is 10.1. The normalized spacial score (nSPS) is 23.7. The van der Waals surface area contributed by atoms with Gasteiger partial charge in [0.1, 0.15) is 6.26 Å². The van der Waals surface area contributed by atoms with Crippen molar-refractivity contribution in [2.24, 2.45) is 5.41 Å². The van der Waals surface area contributed by atoms with Crippen LogP contribution < -0.4 is 5.56 Å². The summed E-state index contributed by atoms with van der Waals surface area (Å²) >= 11 is -1.37. The number of hydrogen-bond acceptors (Lipinski definition) is 5. The summed E-state index contributed by atoms with van der Waals surface area (Å²) in [7, 11) is 0. The highest BCUT2D eigenvalue weighted by Gasteiger charge is 2.56. The number of carbonyl (C=O) groups excluding carboxylic acids is 1. The van der Waals surface area contributed by atoms with Gasteiger partial charge in [0.25, 0.3) is 5.56 Å². The minimum absolute atomic E-state index is 0.0526. The van der Waals surface area contributed by atoms with Gasteiger partial charge in [-0.15, -0.1) is 0 Å². The number of carboxylic acid groups (broad SMARTS) is 1. The third-order valence-corrected chi connectivity index (χ3v) is 11.0. The molecule has 238 valence electrons. The van der Waals surface area contributed by atoms with Gasteiger partial charge < -0.3 is 34.0 Å². The Morgan fingerprint density at radius 1 is 0.956 bits per heavy atom. The van der Waals surface area contributed by atoms with Crippen LogP contribution in [0.1, 0.15) is 43.7 Å². The second-order valence-corrected chi connectivity index (χ2v) is 14.0. The number of aromatic nitrogens is 1. The molecule has 1 aliphatic carbocycles. The molecule has 3 aliphatic rings. The fourth-order valence-corrected chi connectivity index (χ4v) is 8.38. The molecule has 10 nitrogen and oxygen atoms in total. The molecule has 3 atom stereocenters. The van der Waals surface area contributed by atoms with Crippen molar-refractivity contribution in [2.45, 2.75) is 55.2 Å². The van der Waals surface area contributed by atoms with Gasteiger partial charge in [-0.2, -0.15) is 0 Å². The monoisotopic (exact) mass is 632 g/mol. The Kier molecular flexibility index (Phi) is 8.69. The van der Waals surface area contributed by atoms with Gasteiger partial charge in [0.2, 0.25) is 0 Å². The lowest BCUT2D eigenvalue weighted by Gasteiger charge is -2.53. The maximum atomic E-state index is 14.2. The molecular weight excluding hydrogens is 592 g/mol.